The van der Waals surface area contributed by atoms with E-state index in [4.69, 9.17) is 10.3 Å². The first-order valence-electron chi connectivity index (χ1n) is 3.12. The van der Waals surface area contributed by atoms with Gasteiger partial charge in [-0.15, -0.1) is 0 Å². The summed E-state index contributed by atoms with van der Waals surface area (Å²) in [5.74, 6) is 0.222. The van der Waals surface area contributed by atoms with Crippen LogP contribution in [0.2, 0.25) is 0 Å². The van der Waals surface area contributed by atoms with E-state index in [1.54, 1.807) is 0 Å². The summed E-state index contributed by atoms with van der Waals surface area (Å²) in [6, 6.07) is 2.53. The quantitative estimate of drug-likeness (QED) is 0.615. The minimum absolute atomic E-state index is 0.192. The van der Waals surface area contributed by atoms with Crippen LogP contribution in [0.3, 0.4) is 0 Å². The third-order valence-corrected chi connectivity index (χ3v) is 2.32. The number of aromatic nitrogens is 1. The Morgan fingerprint density at radius 2 is 2.08 bits per heavy atom. The molecule has 0 radical (unpaired) electrons. The summed E-state index contributed by atoms with van der Waals surface area (Å²) in [5.41, 5.74) is 5.48. The number of hydrogen-bond donors (Lipinski definition) is 2. The Kier molecular flexibility index (Phi) is 2.03. The topological polar surface area (TPSA) is 93.3 Å². The standard InChI is InChI=1S/C6H8N2O3S/c1-4-5(12(9,10)11)2-3-6(7)8-4/h2-3H,1H3,(H2,7,8)(H,9,10,11). The first-order chi connectivity index (χ1) is 5.41. The second-order valence-corrected chi connectivity index (χ2v) is 3.68. The molecule has 12 heavy (non-hydrogen) atoms. The number of aryl methyl sites for hydroxylation is 1. The van der Waals surface area contributed by atoms with E-state index >= 15 is 0 Å². The van der Waals surface area contributed by atoms with E-state index in [1.165, 1.54) is 19.1 Å². The van der Waals surface area contributed by atoms with E-state index in [1.807, 2.05) is 0 Å². The van der Waals surface area contributed by atoms with E-state index in [-0.39, 0.29) is 16.4 Å². The molecule has 0 amide bonds. The Morgan fingerprint density at radius 3 is 2.50 bits per heavy atom. The molecular formula is C6H8N2O3S. The lowest BCUT2D eigenvalue weighted by Crippen LogP contribution is -2.03. The predicted octanol–water partition coefficient (Wildman–Crippen LogP) is 0.219. The first kappa shape index (κ1) is 8.95. The highest BCUT2D eigenvalue weighted by molar-refractivity contribution is 7.85. The van der Waals surface area contributed by atoms with Gasteiger partial charge in [0.05, 0.1) is 5.69 Å². The Bertz CT molecular complexity index is 399. The molecule has 66 valence electrons. The van der Waals surface area contributed by atoms with Crippen molar-refractivity contribution in [3.05, 3.63) is 17.8 Å². The molecule has 6 heteroatoms. The van der Waals surface area contributed by atoms with Crippen LogP contribution in [0.5, 0.6) is 0 Å². The van der Waals surface area contributed by atoms with Crippen LogP contribution >= 0.6 is 0 Å². The lowest BCUT2D eigenvalue weighted by Gasteiger charge is -2.00. The van der Waals surface area contributed by atoms with Gasteiger partial charge in [-0.2, -0.15) is 8.42 Å². The third kappa shape index (κ3) is 1.72. The Hall–Kier alpha value is -1.14. The minimum Gasteiger partial charge on any atom is -0.384 e. The average Bonchev–Trinajstić information content (AvgIpc) is 1.83. The number of nitrogen functional groups attached to an aromatic ring is 1. The van der Waals surface area contributed by atoms with Crippen LogP contribution in [0.4, 0.5) is 5.82 Å². The van der Waals surface area contributed by atoms with E-state index in [0.717, 1.165) is 0 Å². The molecule has 1 aromatic rings. The van der Waals surface area contributed by atoms with Crippen LogP contribution < -0.4 is 5.73 Å². The summed E-state index contributed by atoms with van der Waals surface area (Å²) >= 11 is 0. The fraction of sp³-hybridized carbons (Fsp3) is 0.167. The summed E-state index contributed by atoms with van der Waals surface area (Å²) < 4.78 is 29.9. The van der Waals surface area contributed by atoms with Gasteiger partial charge in [-0.05, 0) is 19.1 Å². The van der Waals surface area contributed by atoms with Gasteiger partial charge in [-0.1, -0.05) is 0 Å². The molecule has 3 N–H and O–H groups in total. The monoisotopic (exact) mass is 188 g/mol. The van der Waals surface area contributed by atoms with Crippen molar-refractivity contribution in [3.63, 3.8) is 0 Å². The number of pyridine rings is 1. The first-order valence-corrected chi connectivity index (χ1v) is 4.56. The van der Waals surface area contributed by atoms with E-state index in [9.17, 15) is 8.42 Å². The highest BCUT2D eigenvalue weighted by Crippen LogP contribution is 2.13. The van der Waals surface area contributed by atoms with Gasteiger partial charge in [0, 0.05) is 0 Å². The van der Waals surface area contributed by atoms with E-state index in [2.05, 4.69) is 4.98 Å². The van der Waals surface area contributed by atoms with Crippen molar-refractivity contribution < 1.29 is 13.0 Å². The van der Waals surface area contributed by atoms with E-state index in [0.29, 0.717) is 0 Å². The molecule has 1 aromatic heterocycles. The average molecular weight is 188 g/mol. The highest BCUT2D eigenvalue weighted by Gasteiger charge is 2.13. The number of anilines is 1. The third-order valence-electron chi connectivity index (χ3n) is 1.34. The molecule has 0 bridgehead atoms. The van der Waals surface area contributed by atoms with Gasteiger partial charge in [-0.25, -0.2) is 4.98 Å². The van der Waals surface area contributed by atoms with Crippen molar-refractivity contribution in [1.82, 2.24) is 4.98 Å². The molecular weight excluding hydrogens is 180 g/mol. The molecule has 5 nitrogen and oxygen atoms in total. The number of rotatable bonds is 1. The van der Waals surface area contributed by atoms with Crippen LogP contribution in [0.15, 0.2) is 17.0 Å². The predicted molar refractivity (Wildman–Crippen MR) is 43.2 cm³/mol. The Labute approximate surface area is 70.0 Å². The maximum Gasteiger partial charge on any atom is 0.296 e. The van der Waals surface area contributed by atoms with Crippen LogP contribution in [0.25, 0.3) is 0 Å². The van der Waals surface area contributed by atoms with Crippen LogP contribution in [0, 0.1) is 6.92 Å². The largest absolute Gasteiger partial charge is 0.384 e. The molecule has 0 saturated heterocycles. The molecule has 0 aliphatic carbocycles. The number of nitrogens with zero attached hydrogens (tertiary/aromatic N) is 1. The van der Waals surface area contributed by atoms with Crippen molar-refractivity contribution >= 4 is 15.9 Å². The van der Waals surface area contributed by atoms with Gasteiger partial charge < -0.3 is 5.73 Å². The smallest absolute Gasteiger partial charge is 0.296 e. The summed E-state index contributed by atoms with van der Waals surface area (Å²) in [4.78, 5) is 3.47. The van der Waals surface area contributed by atoms with Gasteiger partial charge in [0.2, 0.25) is 0 Å². The second-order valence-electron chi connectivity index (χ2n) is 2.29. The molecule has 0 aromatic carbocycles. The van der Waals surface area contributed by atoms with Gasteiger partial charge >= 0.3 is 0 Å². The Balaban J connectivity index is 3.39. The molecule has 0 unspecified atom stereocenters. The van der Waals surface area contributed by atoms with Crippen molar-refractivity contribution in [2.45, 2.75) is 11.8 Å². The maximum atomic E-state index is 10.6. The molecule has 1 heterocycles. The van der Waals surface area contributed by atoms with Crippen LogP contribution in [-0.2, 0) is 10.1 Å². The molecule has 0 saturated carbocycles. The second kappa shape index (κ2) is 2.72. The SMILES string of the molecule is Cc1nc(N)ccc1S(=O)(=O)O. The number of hydrogen-bond acceptors (Lipinski definition) is 4. The molecule has 0 aliphatic rings. The van der Waals surface area contributed by atoms with Crippen molar-refractivity contribution in [3.8, 4) is 0 Å². The summed E-state index contributed by atoms with van der Waals surface area (Å²) in [6.07, 6.45) is 0. The van der Waals surface area contributed by atoms with Gasteiger partial charge in [0.1, 0.15) is 10.7 Å². The maximum absolute atomic E-state index is 10.6. The van der Waals surface area contributed by atoms with Crippen molar-refractivity contribution in [2.24, 2.45) is 0 Å². The van der Waals surface area contributed by atoms with Gasteiger partial charge in [0.25, 0.3) is 10.1 Å². The molecule has 0 atom stereocenters. The normalized spacial score (nSPS) is 11.5. The Morgan fingerprint density at radius 1 is 1.50 bits per heavy atom. The zero-order valence-corrected chi connectivity index (χ0v) is 7.17. The highest BCUT2D eigenvalue weighted by atomic mass is 32.2. The summed E-state index contributed by atoms with van der Waals surface area (Å²) in [5, 5.41) is 0. The number of nitrogens with two attached hydrogens (primary N) is 1. The zero-order valence-electron chi connectivity index (χ0n) is 6.35. The minimum atomic E-state index is -4.17. The molecule has 0 aliphatic heterocycles. The van der Waals surface area contributed by atoms with Crippen molar-refractivity contribution in [1.29, 1.82) is 0 Å². The molecule has 0 spiro atoms. The van der Waals surface area contributed by atoms with Crippen molar-refractivity contribution in [2.75, 3.05) is 5.73 Å². The lowest BCUT2D eigenvalue weighted by atomic mass is 10.4. The molecule has 0 fully saturated rings. The fourth-order valence-corrected chi connectivity index (χ4v) is 1.50. The fourth-order valence-electron chi connectivity index (χ4n) is 0.840. The zero-order chi connectivity index (χ0) is 9.35. The summed E-state index contributed by atoms with van der Waals surface area (Å²) in [7, 11) is -4.17. The summed E-state index contributed by atoms with van der Waals surface area (Å²) in [6.45, 7) is 1.46. The van der Waals surface area contributed by atoms with Crippen LogP contribution in [-0.4, -0.2) is 18.0 Å². The van der Waals surface area contributed by atoms with Crippen LogP contribution in [0.1, 0.15) is 5.69 Å². The lowest BCUT2D eigenvalue weighted by molar-refractivity contribution is 0.482. The van der Waals surface area contributed by atoms with E-state index < -0.39 is 10.1 Å². The van der Waals surface area contributed by atoms with Gasteiger partial charge in [-0.3, -0.25) is 4.55 Å². The molecule has 1 rings (SSSR count). The van der Waals surface area contributed by atoms with Gasteiger partial charge in [0.15, 0.2) is 0 Å².